The topological polar surface area (TPSA) is 125 Å². The molecule has 2 aromatic heterocycles. The van der Waals surface area contributed by atoms with E-state index in [1.807, 2.05) is 0 Å². The van der Waals surface area contributed by atoms with Gasteiger partial charge in [0, 0.05) is 36.9 Å². The molecule has 1 aliphatic rings. The molecule has 1 N–H and O–H groups in total. The predicted molar refractivity (Wildman–Crippen MR) is 131 cm³/mol. The monoisotopic (exact) mass is 491 g/mol. The SMILES string of the molecule is CC[NH+](CC)CCCN1C(=O)C(=O)C(=C([O-])c2c(C)nc3ccccn23)C1c1ccc([N+](=O)[O-])cc1. The zero-order valence-electron chi connectivity index (χ0n) is 20.6. The maximum atomic E-state index is 13.9. The van der Waals surface area contributed by atoms with Gasteiger partial charge in [-0.2, -0.15) is 0 Å². The number of pyridine rings is 1. The van der Waals surface area contributed by atoms with E-state index in [4.69, 9.17) is 0 Å². The minimum Gasteiger partial charge on any atom is -0.871 e. The van der Waals surface area contributed by atoms with Gasteiger partial charge in [0.05, 0.1) is 42.0 Å². The number of carbonyl (C=O) groups excluding carboxylic acids is 2. The fourth-order valence-electron chi connectivity index (χ4n) is 4.84. The quantitative estimate of drug-likeness (QED) is 0.157. The van der Waals surface area contributed by atoms with E-state index in [0.29, 0.717) is 29.9 Å². The molecule has 3 aromatic rings. The number of nitro benzene ring substituents is 1. The minimum absolute atomic E-state index is 0.114. The summed E-state index contributed by atoms with van der Waals surface area (Å²) >= 11 is 0. The number of aromatic nitrogens is 2. The first-order valence-electron chi connectivity index (χ1n) is 12.1. The Morgan fingerprint density at radius 2 is 1.81 bits per heavy atom. The van der Waals surface area contributed by atoms with Crippen molar-refractivity contribution in [3.63, 3.8) is 0 Å². The molecule has 1 amide bonds. The van der Waals surface area contributed by atoms with Crippen LogP contribution in [0.3, 0.4) is 0 Å². The van der Waals surface area contributed by atoms with Crippen LogP contribution in [0.1, 0.15) is 43.3 Å². The number of fused-ring (bicyclic) bond motifs is 1. The van der Waals surface area contributed by atoms with Gasteiger partial charge in [-0.3, -0.25) is 19.7 Å². The number of nitro groups is 1. The first kappa shape index (κ1) is 25.1. The third kappa shape index (κ3) is 4.47. The molecule has 1 fully saturated rings. The number of amides is 1. The number of non-ortho nitro benzene ring substituents is 1. The van der Waals surface area contributed by atoms with Crippen molar-refractivity contribution in [2.24, 2.45) is 0 Å². The molecule has 1 atom stereocenters. The number of nitrogens with one attached hydrogen (secondary N) is 1. The van der Waals surface area contributed by atoms with Crippen molar-refractivity contribution in [1.29, 1.82) is 0 Å². The van der Waals surface area contributed by atoms with Crippen LogP contribution in [0.5, 0.6) is 0 Å². The fraction of sp³-hybridized carbons (Fsp3) is 0.346. The standard InChI is InChI=1S/C26H29N5O5/c1-4-28(5-2)14-8-16-30-23(18-10-12-19(13-11-18)31(35)36)21(25(33)26(30)34)24(32)22-17(3)27-20-9-6-7-15-29(20)22/h6-7,9-13,15,23,32H,4-5,8,14,16H2,1-3H3. The molecule has 10 nitrogen and oxygen atoms in total. The largest absolute Gasteiger partial charge is 0.871 e. The minimum atomic E-state index is -0.932. The van der Waals surface area contributed by atoms with Crippen molar-refractivity contribution >= 4 is 28.8 Å². The average molecular weight is 492 g/mol. The number of nitrogens with zero attached hydrogens (tertiary/aromatic N) is 4. The van der Waals surface area contributed by atoms with Gasteiger partial charge >= 0.3 is 0 Å². The first-order chi connectivity index (χ1) is 17.3. The fourth-order valence-corrected chi connectivity index (χ4v) is 4.84. The number of Topliss-reactive ketones (excluding diaryl/α,β-unsaturated/α-hetero) is 1. The van der Waals surface area contributed by atoms with Crippen LogP contribution in [0.15, 0.2) is 54.2 Å². The molecule has 1 aliphatic heterocycles. The first-order valence-corrected chi connectivity index (χ1v) is 12.1. The zero-order valence-corrected chi connectivity index (χ0v) is 20.6. The summed E-state index contributed by atoms with van der Waals surface area (Å²) in [7, 11) is 0. The van der Waals surface area contributed by atoms with Gasteiger partial charge in [-0.25, -0.2) is 4.98 Å². The second-order valence-electron chi connectivity index (χ2n) is 8.86. The van der Waals surface area contributed by atoms with E-state index in [2.05, 4.69) is 18.8 Å². The van der Waals surface area contributed by atoms with Crippen molar-refractivity contribution in [3.05, 3.63) is 81.3 Å². The maximum absolute atomic E-state index is 13.9. The van der Waals surface area contributed by atoms with Crippen LogP contribution in [0.25, 0.3) is 11.4 Å². The summed E-state index contributed by atoms with van der Waals surface area (Å²) in [5.74, 6) is -2.14. The summed E-state index contributed by atoms with van der Waals surface area (Å²) in [6, 6.07) is 10.0. The highest BCUT2D eigenvalue weighted by molar-refractivity contribution is 6.46. The lowest BCUT2D eigenvalue weighted by atomic mass is 9.96. The number of hydrogen-bond acceptors (Lipinski definition) is 6. The highest BCUT2D eigenvalue weighted by Gasteiger charge is 2.44. The molecule has 0 bridgehead atoms. The van der Waals surface area contributed by atoms with E-state index in [1.54, 1.807) is 35.7 Å². The van der Waals surface area contributed by atoms with E-state index in [-0.39, 0.29) is 17.0 Å². The summed E-state index contributed by atoms with van der Waals surface area (Å²) < 4.78 is 1.61. The van der Waals surface area contributed by atoms with Gasteiger partial charge in [0.25, 0.3) is 11.6 Å². The molecular weight excluding hydrogens is 462 g/mol. The van der Waals surface area contributed by atoms with Crippen molar-refractivity contribution in [2.75, 3.05) is 26.2 Å². The smallest absolute Gasteiger partial charge is 0.295 e. The molecule has 10 heteroatoms. The Morgan fingerprint density at radius 3 is 2.44 bits per heavy atom. The van der Waals surface area contributed by atoms with Crippen molar-refractivity contribution in [2.45, 2.75) is 33.2 Å². The Balaban J connectivity index is 1.82. The molecule has 0 aliphatic carbocycles. The molecule has 36 heavy (non-hydrogen) atoms. The van der Waals surface area contributed by atoms with E-state index in [1.165, 1.54) is 34.1 Å². The number of aryl methyl sites for hydroxylation is 1. The van der Waals surface area contributed by atoms with Gasteiger partial charge in [-0.1, -0.05) is 11.8 Å². The van der Waals surface area contributed by atoms with E-state index >= 15 is 0 Å². The molecule has 0 saturated carbocycles. The van der Waals surface area contributed by atoms with Gasteiger partial charge in [0.15, 0.2) is 0 Å². The van der Waals surface area contributed by atoms with Crippen LogP contribution in [0.2, 0.25) is 0 Å². The number of hydrogen-bond donors (Lipinski definition) is 1. The van der Waals surface area contributed by atoms with E-state index in [9.17, 15) is 24.8 Å². The molecule has 1 aromatic carbocycles. The van der Waals surface area contributed by atoms with Crippen LogP contribution in [0, 0.1) is 17.0 Å². The molecule has 1 saturated heterocycles. The van der Waals surface area contributed by atoms with E-state index < -0.39 is 28.4 Å². The van der Waals surface area contributed by atoms with Crippen LogP contribution >= 0.6 is 0 Å². The highest BCUT2D eigenvalue weighted by Crippen LogP contribution is 2.39. The summed E-state index contributed by atoms with van der Waals surface area (Å²) in [5.41, 5.74) is 1.44. The van der Waals surface area contributed by atoms with Crippen molar-refractivity contribution in [1.82, 2.24) is 14.3 Å². The van der Waals surface area contributed by atoms with Crippen molar-refractivity contribution < 1.29 is 24.5 Å². The highest BCUT2D eigenvalue weighted by atomic mass is 16.6. The normalized spacial score (nSPS) is 17.4. The molecule has 0 spiro atoms. The van der Waals surface area contributed by atoms with E-state index in [0.717, 1.165) is 19.6 Å². The van der Waals surface area contributed by atoms with Crippen LogP contribution < -0.4 is 10.0 Å². The second-order valence-corrected chi connectivity index (χ2v) is 8.86. The zero-order chi connectivity index (χ0) is 26.0. The number of likely N-dealkylation sites (tertiary alicyclic amines) is 1. The van der Waals surface area contributed by atoms with Gasteiger partial charge in [0.1, 0.15) is 5.65 Å². The molecule has 1 unspecified atom stereocenters. The summed E-state index contributed by atoms with van der Waals surface area (Å²) in [6.07, 6.45) is 2.34. The number of carbonyl (C=O) groups is 2. The lowest BCUT2D eigenvalue weighted by molar-refractivity contribution is -0.896. The Morgan fingerprint density at radius 1 is 1.11 bits per heavy atom. The van der Waals surface area contributed by atoms with Gasteiger partial charge in [-0.15, -0.1) is 0 Å². The Hall–Kier alpha value is -4.05. The molecule has 4 rings (SSSR count). The summed E-state index contributed by atoms with van der Waals surface area (Å²) in [6.45, 7) is 8.86. The third-order valence-electron chi connectivity index (χ3n) is 6.80. The molecular formula is C26H29N5O5. The summed E-state index contributed by atoms with van der Waals surface area (Å²) in [4.78, 5) is 44.3. The number of benzene rings is 1. The van der Waals surface area contributed by atoms with Gasteiger partial charge in [-0.05, 0) is 50.6 Å². The number of quaternary nitrogens is 1. The molecule has 188 valence electrons. The Labute approximate surface area is 208 Å². The molecule has 0 radical (unpaired) electrons. The third-order valence-corrected chi connectivity index (χ3v) is 6.80. The van der Waals surface area contributed by atoms with Crippen LogP contribution in [-0.4, -0.2) is 57.1 Å². The van der Waals surface area contributed by atoms with Gasteiger partial charge in [0.2, 0.25) is 5.78 Å². The second kappa shape index (κ2) is 10.3. The van der Waals surface area contributed by atoms with Crippen LogP contribution in [0.4, 0.5) is 5.69 Å². The Kier molecular flexibility index (Phi) is 7.16. The van der Waals surface area contributed by atoms with Gasteiger partial charge < -0.3 is 19.3 Å². The lowest BCUT2D eigenvalue weighted by Crippen LogP contribution is -3.11. The average Bonchev–Trinajstić information content (AvgIpc) is 3.34. The van der Waals surface area contributed by atoms with Crippen molar-refractivity contribution in [3.8, 4) is 0 Å². The van der Waals surface area contributed by atoms with Crippen LogP contribution in [-0.2, 0) is 9.59 Å². The maximum Gasteiger partial charge on any atom is 0.295 e. The predicted octanol–water partition coefficient (Wildman–Crippen LogP) is 1.09. The number of imidazole rings is 1. The lowest BCUT2D eigenvalue weighted by Gasteiger charge is -2.28. The number of rotatable bonds is 9. The Bertz CT molecular complexity index is 1340. The number of ketones is 1. The summed E-state index contributed by atoms with van der Waals surface area (Å²) in [5, 5.41) is 25.0. The molecule has 3 heterocycles.